The van der Waals surface area contributed by atoms with Crippen LogP contribution in [0.3, 0.4) is 0 Å². The normalized spacial score (nSPS) is 16.9. The maximum Gasteiger partial charge on any atom is 0.261 e. The molecule has 0 amide bonds. The fourth-order valence-corrected chi connectivity index (χ4v) is 4.07. The lowest BCUT2D eigenvalue weighted by molar-refractivity contribution is 0.794. The van der Waals surface area contributed by atoms with Crippen LogP contribution in [0, 0.1) is 0 Å². The summed E-state index contributed by atoms with van der Waals surface area (Å²) in [5, 5.41) is 8.96. The van der Waals surface area contributed by atoms with Gasteiger partial charge in [-0.25, -0.2) is 4.98 Å². The van der Waals surface area contributed by atoms with Gasteiger partial charge < -0.3 is 20.6 Å². The Morgan fingerprint density at radius 2 is 1.86 bits per heavy atom. The molecule has 3 heterocycles. The highest BCUT2D eigenvalue weighted by molar-refractivity contribution is 6.31. The standard InChI is InChI=1S/C20H17Cl2N5O/c21-10-1-3-14-13(7-10)18(24-12-5-6-23-9-12)17(20(28)27-14)19-25-15-4-2-11(22)8-16(15)26-19/h1-4,7-8,12,23H,5-6,9H2,(H,25,26)(H2,24,27,28)/t12-/m1/s1. The van der Waals surface area contributed by atoms with Gasteiger partial charge in [0.05, 0.1) is 22.2 Å². The van der Waals surface area contributed by atoms with Crippen molar-refractivity contribution in [2.45, 2.75) is 12.5 Å². The van der Waals surface area contributed by atoms with Crippen LogP contribution in [-0.2, 0) is 0 Å². The first-order valence-electron chi connectivity index (χ1n) is 9.07. The van der Waals surface area contributed by atoms with E-state index in [9.17, 15) is 4.79 Å². The zero-order valence-electron chi connectivity index (χ0n) is 14.8. The van der Waals surface area contributed by atoms with Gasteiger partial charge in [0, 0.05) is 28.0 Å². The van der Waals surface area contributed by atoms with Crippen LogP contribution in [0.1, 0.15) is 6.42 Å². The molecule has 0 saturated carbocycles. The van der Waals surface area contributed by atoms with E-state index < -0.39 is 0 Å². The molecule has 0 spiro atoms. The molecule has 142 valence electrons. The second-order valence-electron chi connectivity index (χ2n) is 6.97. The second-order valence-corrected chi connectivity index (χ2v) is 7.85. The number of hydrogen-bond acceptors (Lipinski definition) is 4. The van der Waals surface area contributed by atoms with Crippen molar-refractivity contribution in [2.24, 2.45) is 0 Å². The molecule has 4 aromatic rings. The monoisotopic (exact) mass is 413 g/mol. The van der Waals surface area contributed by atoms with Crippen molar-refractivity contribution in [2.75, 3.05) is 18.4 Å². The first-order chi connectivity index (χ1) is 13.6. The van der Waals surface area contributed by atoms with Gasteiger partial charge in [-0.15, -0.1) is 0 Å². The van der Waals surface area contributed by atoms with Crippen LogP contribution in [-0.4, -0.2) is 34.1 Å². The number of benzene rings is 2. The Bertz CT molecular complexity index is 1260. The average Bonchev–Trinajstić information content (AvgIpc) is 3.31. The summed E-state index contributed by atoms with van der Waals surface area (Å²) in [5.41, 5.74) is 3.24. The van der Waals surface area contributed by atoms with Crippen molar-refractivity contribution >= 4 is 50.8 Å². The van der Waals surface area contributed by atoms with Crippen LogP contribution in [0.4, 0.5) is 5.69 Å². The summed E-state index contributed by atoms with van der Waals surface area (Å²) in [7, 11) is 0. The number of aromatic amines is 2. The number of rotatable bonds is 3. The van der Waals surface area contributed by atoms with Crippen LogP contribution >= 0.6 is 23.2 Å². The predicted octanol–water partition coefficient (Wildman–Crippen LogP) is 4.15. The molecular weight excluding hydrogens is 397 g/mol. The molecule has 1 fully saturated rings. The number of halogens is 2. The molecule has 5 rings (SSSR count). The minimum Gasteiger partial charge on any atom is -0.380 e. The van der Waals surface area contributed by atoms with E-state index in [0.717, 1.165) is 47.1 Å². The Morgan fingerprint density at radius 1 is 1.04 bits per heavy atom. The summed E-state index contributed by atoms with van der Waals surface area (Å²) in [5.74, 6) is 0.494. The highest BCUT2D eigenvalue weighted by Crippen LogP contribution is 2.33. The summed E-state index contributed by atoms with van der Waals surface area (Å²) < 4.78 is 0. The molecule has 8 heteroatoms. The van der Waals surface area contributed by atoms with Crippen LogP contribution in [0.2, 0.25) is 10.0 Å². The molecule has 2 aromatic heterocycles. The minimum atomic E-state index is -0.214. The average molecular weight is 414 g/mol. The van der Waals surface area contributed by atoms with E-state index in [0.29, 0.717) is 21.4 Å². The lowest BCUT2D eigenvalue weighted by atomic mass is 10.1. The molecule has 1 atom stereocenters. The number of nitrogens with one attached hydrogen (secondary N) is 4. The fraction of sp³-hybridized carbons (Fsp3) is 0.200. The SMILES string of the molecule is O=c1[nH]c2ccc(Cl)cc2c(N[C@@H]2CCNC2)c1-c1nc2ccc(Cl)cc2[nH]1. The highest BCUT2D eigenvalue weighted by Gasteiger charge is 2.22. The van der Waals surface area contributed by atoms with E-state index in [1.807, 2.05) is 18.2 Å². The summed E-state index contributed by atoms with van der Waals surface area (Å²) in [4.78, 5) is 23.8. The molecule has 0 aliphatic carbocycles. The Morgan fingerprint density at radius 3 is 2.68 bits per heavy atom. The number of pyridine rings is 1. The van der Waals surface area contributed by atoms with Crippen LogP contribution in [0.25, 0.3) is 33.3 Å². The minimum absolute atomic E-state index is 0.214. The molecule has 6 nitrogen and oxygen atoms in total. The maximum atomic E-state index is 13.0. The quantitative estimate of drug-likeness (QED) is 0.406. The van der Waals surface area contributed by atoms with Crippen LogP contribution in [0.5, 0.6) is 0 Å². The van der Waals surface area contributed by atoms with Gasteiger partial charge in [-0.2, -0.15) is 0 Å². The van der Waals surface area contributed by atoms with Crippen LogP contribution < -0.4 is 16.2 Å². The number of fused-ring (bicyclic) bond motifs is 2. The van der Waals surface area contributed by atoms with Crippen molar-refractivity contribution in [3.05, 3.63) is 56.8 Å². The third kappa shape index (κ3) is 3.03. The second kappa shape index (κ2) is 6.81. The number of H-pyrrole nitrogens is 2. The maximum absolute atomic E-state index is 13.0. The Kier molecular flexibility index (Phi) is 4.27. The third-order valence-electron chi connectivity index (χ3n) is 5.07. The van der Waals surface area contributed by atoms with Gasteiger partial charge in [-0.05, 0) is 49.4 Å². The lowest BCUT2D eigenvalue weighted by Gasteiger charge is -2.18. The van der Waals surface area contributed by atoms with Gasteiger partial charge in [0.2, 0.25) is 0 Å². The van der Waals surface area contributed by atoms with Gasteiger partial charge in [0.25, 0.3) is 5.56 Å². The van der Waals surface area contributed by atoms with Gasteiger partial charge in [-0.1, -0.05) is 23.2 Å². The Hall–Kier alpha value is -2.54. The predicted molar refractivity (Wildman–Crippen MR) is 115 cm³/mol. The molecular formula is C20H17Cl2N5O. The van der Waals surface area contributed by atoms with Crippen molar-refractivity contribution in [1.82, 2.24) is 20.3 Å². The molecule has 2 aromatic carbocycles. The number of nitrogens with zero attached hydrogens (tertiary/aromatic N) is 1. The first-order valence-corrected chi connectivity index (χ1v) is 9.82. The molecule has 0 unspecified atom stereocenters. The summed E-state index contributed by atoms with van der Waals surface area (Å²) in [6.07, 6.45) is 0.976. The van der Waals surface area contributed by atoms with E-state index in [4.69, 9.17) is 23.2 Å². The van der Waals surface area contributed by atoms with E-state index >= 15 is 0 Å². The topological polar surface area (TPSA) is 85.6 Å². The summed E-state index contributed by atoms with van der Waals surface area (Å²) in [6.45, 7) is 1.78. The van der Waals surface area contributed by atoms with E-state index in [2.05, 4.69) is 25.6 Å². The van der Waals surface area contributed by atoms with Crippen molar-refractivity contribution in [3.8, 4) is 11.4 Å². The summed E-state index contributed by atoms with van der Waals surface area (Å²) >= 11 is 12.4. The first kappa shape index (κ1) is 17.6. The summed E-state index contributed by atoms with van der Waals surface area (Å²) in [6, 6.07) is 11.1. The van der Waals surface area contributed by atoms with Crippen molar-refractivity contribution in [3.63, 3.8) is 0 Å². The van der Waals surface area contributed by atoms with Gasteiger partial charge >= 0.3 is 0 Å². The fourth-order valence-electron chi connectivity index (χ4n) is 3.72. The molecule has 0 radical (unpaired) electrons. The zero-order valence-corrected chi connectivity index (χ0v) is 16.3. The molecule has 1 aliphatic rings. The molecule has 28 heavy (non-hydrogen) atoms. The number of hydrogen-bond donors (Lipinski definition) is 4. The van der Waals surface area contributed by atoms with Crippen molar-refractivity contribution in [1.29, 1.82) is 0 Å². The third-order valence-corrected chi connectivity index (χ3v) is 5.54. The smallest absolute Gasteiger partial charge is 0.261 e. The largest absolute Gasteiger partial charge is 0.380 e. The molecule has 1 aliphatic heterocycles. The molecule has 1 saturated heterocycles. The van der Waals surface area contributed by atoms with E-state index in [1.165, 1.54) is 0 Å². The number of imidazole rings is 1. The number of aromatic nitrogens is 3. The van der Waals surface area contributed by atoms with Gasteiger partial charge in [0.15, 0.2) is 0 Å². The zero-order chi connectivity index (χ0) is 19.3. The number of anilines is 1. The van der Waals surface area contributed by atoms with Gasteiger partial charge in [0.1, 0.15) is 11.4 Å². The van der Waals surface area contributed by atoms with E-state index in [-0.39, 0.29) is 11.6 Å². The Balaban J connectivity index is 1.77. The van der Waals surface area contributed by atoms with Gasteiger partial charge in [-0.3, -0.25) is 4.79 Å². The lowest BCUT2D eigenvalue weighted by Crippen LogP contribution is -2.24. The highest BCUT2D eigenvalue weighted by atomic mass is 35.5. The van der Waals surface area contributed by atoms with E-state index in [1.54, 1.807) is 18.2 Å². The van der Waals surface area contributed by atoms with Crippen molar-refractivity contribution < 1.29 is 0 Å². The molecule has 0 bridgehead atoms. The van der Waals surface area contributed by atoms with Crippen LogP contribution in [0.15, 0.2) is 41.2 Å². The molecule has 4 N–H and O–H groups in total. The Labute approximate surface area is 170 Å².